The second-order valence-electron chi connectivity index (χ2n) is 6.60. The van der Waals surface area contributed by atoms with E-state index in [0.29, 0.717) is 11.4 Å². The van der Waals surface area contributed by atoms with Crippen LogP contribution in [0.2, 0.25) is 0 Å². The summed E-state index contributed by atoms with van der Waals surface area (Å²) in [5, 5.41) is 13.5. The lowest BCUT2D eigenvalue weighted by molar-refractivity contribution is 0.0950. The van der Waals surface area contributed by atoms with Gasteiger partial charge in [0.25, 0.3) is 5.91 Å². The van der Waals surface area contributed by atoms with Gasteiger partial charge >= 0.3 is 0 Å². The van der Waals surface area contributed by atoms with Crippen molar-refractivity contribution in [2.75, 3.05) is 7.11 Å². The molecule has 0 spiro atoms. The molecule has 0 unspecified atom stereocenters. The van der Waals surface area contributed by atoms with Crippen molar-refractivity contribution in [1.82, 2.24) is 15.6 Å². The average molecular weight is 384 g/mol. The highest BCUT2D eigenvalue weighted by atomic mass is 16.5. The van der Waals surface area contributed by atoms with E-state index in [1.807, 2.05) is 55.5 Å². The largest absolute Gasteiger partial charge is 0.497 e. The number of nitrogens with zero attached hydrogens (tertiary/aromatic N) is 2. The van der Waals surface area contributed by atoms with E-state index in [2.05, 4.69) is 38.9 Å². The van der Waals surface area contributed by atoms with E-state index >= 15 is 0 Å². The molecule has 0 atom stereocenters. The van der Waals surface area contributed by atoms with Gasteiger partial charge in [0.15, 0.2) is 0 Å². The highest BCUT2D eigenvalue weighted by molar-refractivity contribution is 6.03. The summed E-state index contributed by atoms with van der Waals surface area (Å²) in [7, 11) is 1.62. The predicted octanol–water partition coefficient (Wildman–Crippen LogP) is 4.39. The van der Waals surface area contributed by atoms with Crippen molar-refractivity contribution >= 4 is 22.4 Å². The first-order valence-electron chi connectivity index (χ1n) is 9.18. The van der Waals surface area contributed by atoms with Gasteiger partial charge in [0, 0.05) is 5.56 Å². The fraction of sp³-hybridized carbons (Fsp3) is 0.0870. The first-order chi connectivity index (χ1) is 14.1. The number of aromatic nitrogens is 2. The molecule has 0 aliphatic rings. The number of hydrogen-bond donors (Lipinski definition) is 2. The lowest BCUT2D eigenvalue weighted by atomic mass is 10.0. The van der Waals surface area contributed by atoms with E-state index in [1.165, 1.54) is 0 Å². The van der Waals surface area contributed by atoms with Crippen molar-refractivity contribution in [1.29, 1.82) is 0 Å². The summed E-state index contributed by atoms with van der Waals surface area (Å²) in [5.74, 6) is 0.415. The average Bonchev–Trinajstić information content (AvgIpc) is 3.27. The van der Waals surface area contributed by atoms with E-state index in [-0.39, 0.29) is 5.91 Å². The smallest absolute Gasteiger partial charge is 0.289 e. The fourth-order valence-corrected chi connectivity index (χ4v) is 3.02. The first-order valence-corrected chi connectivity index (χ1v) is 9.18. The molecular formula is C23H20N4O2. The van der Waals surface area contributed by atoms with Gasteiger partial charge in [-0.25, -0.2) is 5.43 Å². The molecule has 0 aliphatic heterocycles. The van der Waals surface area contributed by atoms with Crippen LogP contribution in [0.15, 0.2) is 77.9 Å². The Hall–Kier alpha value is -3.93. The quantitative estimate of drug-likeness (QED) is 0.396. The molecule has 3 aromatic carbocycles. The molecule has 1 aromatic heterocycles. The van der Waals surface area contributed by atoms with Crippen molar-refractivity contribution < 1.29 is 9.53 Å². The van der Waals surface area contributed by atoms with Crippen LogP contribution < -0.4 is 10.2 Å². The van der Waals surface area contributed by atoms with Gasteiger partial charge in [-0.15, -0.1) is 0 Å². The Bertz CT molecular complexity index is 1190. The van der Waals surface area contributed by atoms with Gasteiger partial charge in [0.2, 0.25) is 0 Å². The maximum atomic E-state index is 12.4. The highest BCUT2D eigenvalue weighted by Gasteiger charge is 2.11. The number of amides is 1. The molecule has 29 heavy (non-hydrogen) atoms. The number of carbonyl (C=O) groups is 1. The molecular weight excluding hydrogens is 364 g/mol. The normalized spacial score (nSPS) is 11.4. The number of rotatable bonds is 5. The van der Waals surface area contributed by atoms with Crippen LogP contribution in [0.1, 0.15) is 23.0 Å². The third-order valence-corrected chi connectivity index (χ3v) is 4.70. The topological polar surface area (TPSA) is 79.4 Å². The Labute approximate surface area is 168 Å². The molecule has 0 saturated heterocycles. The molecule has 6 nitrogen and oxygen atoms in total. The van der Waals surface area contributed by atoms with Gasteiger partial charge in [-0.2, -0.15) is 10.2 Å². The third-order valence-electron chi connectivity index (χ3n) is 4.70. The number of aromatic amines is 1. The Balaban J connectivity index is 1.47. The predicted molar refractivity (Wildman–Crippen MR) is 114 cm³/mol. The lowest BCUT2D eigenvalue weighted by Gasteiger charge is -2.04. The minimum absolute atomic E-state index is 0.339. The van der Waals surface area contributed by atoms with Crippen molar-refractivity contribution in [2.45, 2.75) is 6.92 Å². The van der Waals surface area contributed by atoms with Crippen LogP contribution in [0.4, 0.5) is 0 Å². The molecule has 0 aliphatic carbocycles. The molecule has 0 saturated carbocycles. The standard InChI is InChI=1S/C23H20N4O2/c1-15(18-8-7-16-5-3-4-6-19(16)13-18)24-27-23(28)22-14-21(25-26-22)17-9-11-20(29-2)12-10-17/h3-14H,1-2H3,(H,25,26)(H,27,28)/b24-15+. The molecule has 144 valence electrons. The molecule has 1 heterocycles. The number of H-pyrrole nitrogens is 1. The lowest BCUT2D eigenvalue weighted by Crippen LogP contribution is -2.19. The van der Waals surface area contributed by atoms with Crippen molar-refractivity contribution in [3.63, 3.8) is 0 Å². The number of carbonyl (C=O) groups excluding carboxylic acids is 1. The molecule has 2 N–H and O–H groups in total. The molecule has 0 bridgehead atoms. The highest BCUT2D eigenvalue weighted by Crippen LogP contribution is 2.21. The minimum atomic E-state index is -0.350. The molecule has 0 radical (unpaired) electrons. The number of hydrazone groups is 1. The zero-order valence-electron chi connectivity index (χ0n) is 16.1. The third kappa shape index (κ3) is 4.01. The van der Waals surface area contributed by atoms with E-state index in [9.17, 15) is 4.79 Å². The van der Waals surface area contributed by atoms with Crippen LogP contribution in [-0.4, -0.2) is 28.9 Å². The van der Waals surface area contributed by atoms with Gasteiger partial charge in [-0.3, -0.25) is 9.89 Å². The number of ether oxygens (including phenoxy) is 1. The Morgan fingerprint density at radius 2 is 1.76 bits per heavy atom. The monoisotopic (exact) mass is 384 g/mol. The SMILES string of the molecule is COc1ccc(-c2cc(C(=O)N/N=C(\C)c3ccc4ccccc4c3)[nH]n2)cc1. The zero-order chi connectivity index (χ0) is 20.2. The number of fused-ring (bicyclic) bond motifs is 1. The molecule has 6 heteroatoms. The molecule has 4 aromatic rings. The maximum absolute atomic E-state index is 12.4. The second kappa shape index (κ2) is 7.98. The van der Waals surface area contributed by atoms with E-state index in [4.69, 9.17) is 4.74 Å². The van der Waals surface area contributed by atoms with Crippen molar-refractivity contribution in [3.8, 4) is 17.0 Å². The molecule has 1 amide bonds. The summed E-state index contributed by atoms with van der Waals surface area (Å²) in [5.41, 5.74) is 6.16. The van der Waals surface area contributed by atoms with Gasteiger partial charge in [0.05, 0.1) is 18.5 Å². The fourth-order valence-electron chi connectivity index (χ4n) is 3.02. The van der Waals surface area contributed by atoms with Crippen molar-refractivity contribution in [2.24, 2.45) is 5.10 Å². The summed E-state index contributed by atoms with van der Waals surface area (Å²) >= 11 is 0. The summed E-state index contributed by atoms with van der Waals surface area (Å²) in [6.07, 6.45) is 0. The van der Waals surface area contributed by atoms with E-state index in [0.717, 1.165) is 33.4 Å². The number of methoxy groups -OCH3 is 1. The number of benzene rings is 3. The summed E-state index contributed by atoms with van der Waals surface area (Å²) in [6, 6.07) is 23.4. The van der Waals surface area contributed by atoms with E-state index < -0.39 is 0 Å². The van der Waals surface area contributed by atoms with Gasteiger partial charge in [-0.1, -0.05) is 36.4 Å². The van der Waals surface area contributed by atoms with Crippen molar-refractivity contribution in [3.05, 3.63) is 84.1 Å². The van der Waals surface area contributed by atoms with Gasteiger partial charge in [0.1, 0.15) is 11.4 Å². The van der Waals surface area contributed by atoms with E-state index in [1.54, 1.807) is 13.2 Å². The zero-order valence-corrected chi connectivity index (χ0v) is 16.1. The van der Waals surface area contributed by atoms with Crippen LogP contribution in [0.25, 0.3) is 22.0 Å². The summed E-state index contributed by atoms with van der Waals surface area (Å²) in [6.45, 7) is 1.86. The van der Waals surface area contributed by atoms with Gasteiger partial charge in [-0.05, 0) is 59.7 Å². The Kier molecular flexibility index (Phi) is 5.07. The number of nitrogens with one attached hydrogen (secondary N) is 2. The van der Waals surface area contributed by atoms with Crippen LogP contribution in [0, 0.1) is 0 Å². The van der Waals surface area contributed by atoms with Crippen LogP contribution in [0.5, 0.6) is 5.75 Å². The number of hydrogen-bond acceptors (Lipinski definition) is 4. The van der Waals surface area contributed by atoms with Gasteiger partial charge < -0.3 is 4.74 Å². The molecule has 4 rings (SSSR count). The van der Waals surface area contributed by atoms with Crippen LogP contribution >= 0.6 is 0 Å². The maximum Gasteiger partial charge on any atom is 0.289 e. The minimum Gasteiger partial charge on any atom is -0.497 e. The van der Waals surface area contributed by atoms with Crippen LogP contribution in [0.3, 0.4) is 0 Å². The summed E-state index contributed by atoms with van der Waals surface area (Å²) in [4.78, 5) is 12.4. The van der Waals surface area contributed by atoms with Crippen LogP contribution in [-0.2, 0) is 0 Å². The molecule has 0 fully saturated rings. The second-order valence-corrected chi connectivity index (χ2v) is 6.60. The Morgan fingerprint density at radius 3 is 2.52 bits per heavy atom. The first kappa shape index (κ1) is 18.4. The summed E-state index contributed by atoms with van der Waals surface area (Å²) < 4.78 is 5.16. The Morgan fingerprint density at radius 1 is 1.00 bits per heavy atom.